The highest BCUT2D eigenvalue weighted by atomic mass is 35.5. The molecule has 9 heavy (non-hydrogen) atoms. The van der Waals surface area contributed by atoms with E-state index < -0.39 is 11.7 Å². The second-order valence-electron chi connectivity index (χ2n) is 2.11. The van der Waals surface area contributed by atoms with E-state index in [0.29, 0.717) is 6.42 Å². The van der Waals surface area contributed by atoms with Crippen molar-refractivity contribution < 1.29 is 10.2 Å². The van der Waals surface area contributed by atoms with E-state index in [4.69, 9.17) is 21.8 Å². The third kappa shape index (κ3) is 6.09. The molecule has 2 nitrogen and oxygen atoms in total. The number of halogens is 1. The Hall–Kier alpha value is 0.210. The Kier molecular flexibility index (Phi) is 5.15. The maximum Gasteiger partial charge on any atom is 0.130 e. The van der Waals surface area contributed by atoms with Gasteiger partial charge in [0.2, 0.25) is 0 Å². The van der Waals surface area contributed by atoms with E-state index in [-0.39, 0.29) is 6.42 Å². The van der Waals surface area contributed by atoms with Crippen LogP contribution in [0.25, 0.3) is 0 Å². The molecule has 0 aromatic carbocycles. The van der Waals surface area contributed by atoms with Gasteiger partial charge in [-0.25, -0.2) is 0 Å². The van der Waals surface area contributed by atoms with Crippen LogP contribution < -0.4 is 0 Å². The van der Waals surface area contributed by atoms with Crippen molar-refractivity contribution in [1.82, 2.24) is 0 Å². The van der Waals surface area contributed by atoms with Gasteiger partial charge in [0.05, 0.1) is 6.10 Å². The van der Waals surface area contributed by atoms with E-state index in [1.807, 2.05) is 6.92 Å². The molecule has 0 aromatic heterocycles. The van der Waals surface area contributed by atoms with Crippen molar-refractivity contribution in [1.29, 1.82) is 0 Å². The van der Waals surface area contributed by atoms with Gasteiger partial charge in [0.25, 0.3) is 0 Å². The maximum absolute atomic E-state index is 8.98. The summed E-state index contributed by atoms with van der Waals surface area (Å²) in [5.41, 5.74) is -0.897. The fourth-order valence-electron chi connectivity index (χ4n) is 0.676. The van der Waals surface area contributed by atoms with Crippen molar-refractivity contribution in [2.75, 3.05) is 0 Å². The highest BCUT2D eigenvalue weighted by Crippen LogP contribution is 2.06. The van der Waals surface area contributed by atoms with Crippen molar-refractivity contribution in [3.63, 3.8) is 0 Å². The van der Waals surface area contributed by atoms with E-state index in [9.17, 15) is 0 Å². The molecule has 0 radical (unpaired) electrons. The molecule has 56 valence electrons. The molecule has 2 atom stereocenters. The molecule has 0 aliphatic carbocycles. The van der Waals surface area contributed by atoms with Crippen LogP contribution in [-0.2, 0) is 0 Å². The van der Waals surface area contributed by atoms with E-state index in [0.717, 1.165) is 6.42 Å². The van der Waals surface area contributed by atoms with Crippen LogP contribution in [0.5, 0.6) is 0 Å². The first kappa shape index (κ1) is 9.21. The topological polar surface area (TPSA) is 40.5 Å². The van der Waals surface area contributed by atoms with Gasteiger partial charge in [0, 0.05) is 6.42 Å². The van der Waals surface area contributed by atoms with Crippen molar-refractivity contribution in [3.05, 3.63) is 0 Å². The minimum atomic E-state index is -0.897. The lowest BCUT2D eigenvalue weighted by molar-refractivity contribution is 0.110. The van der Waals surface area contributed by atoms with Gasteiger partial charge in [0.1, 0.15) is 5.56 Å². The first-order valence-electron chi connectivity index (χ1n) is 3.17. The Balaban J connectivity index is 3.15. The Labute approximate surface area is 60.5 Å². The molecule has 0 rings (SSSR count). The van der Waals surface area contributed by atoms with Gasteiger partial charge in [-0.05, 0) is 6.42 Å². The zero-order valence-electron chi connectivity index (χ0n) is 5.55. The molecular weight excluding hydrogens is 140 g/mol. The molecule has 0 heterocycles. The second-order valence-corrected chi connectivity index (χ2v) is 2.62. The summed E-state index contributed by atoms with van der Waals surface area (Å²) in [5, 5.41) is 17.5. The Morgan fingerprint density at radius 1 is 1.44 bits per heavy atom. The Bertz CT molecular complexity index is 66.1. The van der Waals surface area contributed by atoms with E-state index >= 15 is 0 Å². The molecule has 0 aliphatic rings. The molecule has 0 spiro atoms. The van der Waals surface area contributed by atoms with Crippen LogP contribution >= 0.6 is 11.6 Å². The number of aliphatic hydroxyl groups is 2. The normalized spacial score (nSPS) is 17.3. The van der Waals surface area contributed by atoms with Gasteiger partial charge in [-0.1, -0.05) is 24.9 Å². The third-order valence-corrected chi connectivity index (χ3v) is 1.27. The van der Waals surface area contributed by atoms with Gasteiger partial charge in [-0.3, -0.25) is 0 Å². The van der Waals surface area contributed by atoms with Gasteiger partial charge in [-0.2, -0.15) is 0 Å². The summed E-state index contributed by atoms with van der Waals surface area (Å²) in [6, 6.07) is 0. The lowest BCUT2D eigenvalue weighted by Crippen LogP contribution is -2.12. The van der Waals surface area contributed by atoms with Gasteiger partial charge >= 0.3 is 0 Å². The van der Waals surface area contributed by atoms with Gasteiger partial charge < -0.3 is 10.2 Å². The standard InChI is InChI=1S/C6H13ClO2/c1-2-3-5(8)4-6(7)9/h5-6,8-9H,2-4H2,1H3. The summed E-state index contributed by atoms with van der Waals surface area (Å²) in [6.07, 6.45) is 1.46. The SMILES string of the molecule is CCCC(O)CC(O)Cl. The van der Waals surface area contributed by atoms with E-state index in [1.54, 1.807) is 0 Å². The fraction of sp³-hybridized carbons (Fsp3) is 1.00. The molecule has 2 unspecified atom stereocenters. The number of alkyl halides is 1. The largest absolute Gasteiger partial charge is 0.393 e. The predicted octanol–water partition coefficient (Wildman–Crippen LogP) is 1.09. The summed E-state index contributed by atoms with van der Waals surface area (Å²) in [5.74, 6) is 0. The average Bonchev–Trinajstić information content (AvgIpc) is 1.63. The number of hydrogen-bond donors (Lipinski definition) is 2. The molecule has 0 amide bonds. The van der Waals surface area contributed by atoms with Crippen LogP contribution in [0.15, 0.2) is 0 Å². The fourth-order valence-corrected chi connectivity index (χ4v) is 0.881. The van der Waals surface area contributed by atoms with Crippen molar-refractivity contribution >= 4 is 11.6 Å². The molecule has 0 bridgehead atoms. The highest BCUT2D eigenvalue weighted by molar-refractivity contribution is 6.19. The minimum absolute atomic E-state index is 0.273. The van der Waals surface area contributed by atoms with Crippen molar-refractivity contribution in [2.24, 2.45) is 0 Å². The molecule has 0 saturated carbocycles. The smallest absolute Gasteiger partial charge is 0.130 e. The third-order valence-electron chi connectivity index (χ3n) is 1.09. The summed E-state index contributed by atoms with van der Waals surface area (Å²) in [7, 11) is 0. The first-order valence-corrected chi connectivity index (χ1v) is 3.60. The van der Waals surface area contributed by atoms with E-state index in [1.165, 1.54) is 0 Å². The van der Waals surface area contributed by atoms with Crippen LogP contribution in [0.2, 0.25) is 0 Å². The Morgan fingerprint density at radius 2 is 2.00 bits per heavy atom. The van der Waals surface area contributed by atoms with Crippen LogP contribution in [0.3, 0.4) is 0 Å². The minimum Gasteiger partial charge on any atom is -0.393 e. The van der Waals surface area contributed by atoms with Crippen LogP contribution in [0.1, 0.15) is 26.2 Å². The zero-order valence-corrected chi connectivity index (χ0v) is 6.30. The maximum atomic E-state index is 8.98. The lowest BCUT2D eigenvalue weighted by atomic mass is 10.1. The molecular formula is C6H13ClO2. The second kappa shape index (κ2) is 5.03. The average molecular weight is 153 g/mol. The van der Waals surface area contributed by atoms with Gasteiger partial charge in [0.15, 0.2) is 0 Å². The molecule has 3 heteroatoms. The summed E-state index contributed by atoms with van der Waals surface area (Å²) >= 11 is 5.20. The first-order chi connectivity index (χ1) is 4.16. The molecule has 0 saturated heterocycles. The predicted molar refractivity (Wildman–Crippen MR) is 37.4 cm³/mol. The molecule has 0 aliphatic heterocycles. The van der Waals surface area contributed by atoms with Crippen LogP contribution in [0.4, 0.5) is 0 Å². The van der Waals surface area contributed by atoms with Crippen molar-refractivity contribution in [2.45, 2.75) is 37.9 Å². The highest BCUT2D eigenvalue weighted by Gasteiger charge is 2.06. The molecule has 0 fully saturated rings. The van der Waals surface area contributed by atoms with Gasteiger partial charge in [-0.15, -0.1) is 0 Å². The monoisotopic (exact) mass is 152 g/mol. The van der Waals surface area contributed by atoms with Crippen LogP contribution in [-0.4, -0.2) is 21.9 Å². The summed E-state index contributed by atoms with van der Waals surface area (Å²) in [4.78, 5) is 0. The number of aliphatic hydroxyl groups excluding tert-OH is 2. The zero-order chi connectivity index (χ0) is 7.28. The molecule has 0 aromatic rings. The molecule has 2 N–H and O–H groups in total. The number of rotatable bonds is 4. The van der Waals surface area contributed by atoms with Crippen molar-refractivity contribution in [3.8, 4) is 0 Å². The van der Waals surface area contributed by atoms with Crippen LogP contribution in [0, 0.1) is 0 Å². The number of hydrogen-bond acceptors (Lipinski definition) is 2. The summed E-state index contributed by atoms with van der Waals surface area (Å²) < 4.78 is 0. The quantitative estimate of drug-likeness (QED) is 0.593. The van der Waals surface area contributed by atoms with E-state index in [2.05, 4.69) is 0 Å². The summed E-state index contributed by atoms with van der Waals surface area (Å²) in [6.45, 7) is 1.98. The Morgan fingerprint density at radius 3 is 2.33 bits per heavy atom. The lowest BCUT2D eigenvalue weighted by Gasteiger charge is -2.08.